The van der Waals surface area contributed by atoms with E-state index >= 15 is 0 Å². The molecule has 7 heteroatoms. The van der Waals surface area contributed by atoms with E-state index in [0.29, 0.717) is 17.0 Å². The zero-order valence-electron chi connectivity index (χ0n) is 17.1. The Morgan fingerprint density at radius 3 is 2.35 bits per heavy atom. The van der Waals surface area contributed by atoms with Gasteiger partial charge < -0.3 is 15.7 Å². The number of aryl methyl sites for hydroxylation is 1. The molecule has 1 aromatic carbocycles. The summed E-state index contributed by atoms with van der Waals surface area (Å²) in [6.45, 7) is 2.01. The molecular formula is C24H24N2O4S. The molecule has 0 radical (unpaired) electrons. The molecule has 160 valence electrons. The molecule has 6 nitrogen and oxygen atoms in total. The number of aliphatic carboxylic acids is 1. The Hall–Kier alpha value is -2.93. The standard InChI is InChI=1S/C24H24N2O4S/c1-12-2-4-13(5-3-12)17-11-31-23(20(17)22(28)25-16-8-9-16)26-21(27)18-14-6-7-15(10-14)19(18)24(29)30/h2-7,11,14-16,18-19H,8-10H2,1H3,(H,25,28)(H,26,27)(H,29,30). The number of carboxylic acids is 1. The van der Waals surface area contributed by atoms with Gasteiger partial charge in [-0.25, -0.2) is 0 Å². The number of benzene rings is 1. The third-order valence-corrected chi connectivity index (χ3v) is 7.47. The maximum Gasteiger partial charge on any atom is 0.307 e. The summed E-state index contributed by atoms with van der Waals surface area (Å²) in [6.07, 6.45) is 6.51. The van der Waals surface area contributed by atoms with Crippen molar-refractivity contribution in [2.45, 2.75) is 32.2 Å². The van der Waals surface area contributed by atoms with Crippen LogP contribution in [0.1, 0.15) is 35.2 Å². The summed E-state index contributed by atoms with van der Waals surface area (Å²) in [5.74, 6) is -2.93. The van der Waals surface area contributed by atoms with Crippen LogP contribution in [0, 0.1) is 30.6 Å². The van der Waals surface area contributed by atoms with Crippen LogP contribution in [0.25, 0.3) is 11.1 Å². The Bertz CT molecular complexity index is 1080. The first-order valence-corrected chi connectivity index (χ1v) is 11.5. The number of thiophene rings is 1. The SMILES string of the molecule is Cc1ccc(-c2csc(NC(=O)C3C4C=CC(C4)C3C(=O)O)c2C(=O)NC2CC2)cc1. The minimum Gasteiger partial charge on any atom is -0.481 e. The van der Waals surface area contributed by atoms with Gasteiger partial charge in [0, 0.05) is 17.0 Å². The maximum atomic E-state index is 13.2. The number of carboxylic acid groups (broad SMARTS) is 1. The largest absolute Gasteiger partial charge is 0.481 e. The van der Waals surface area contributed by atoms with E-state index in [0.717, 1.165) is 29.5 Å². The molecule has 1 aromatic heterocycles. The van der Waals surface area contributed by atoms with Gasteiger partial charge in [0.1, 0.15) is 5.00 Å². The van der Waals surface area contributed by atoms with E-state index in [2.05, 4.69) is 10.6 Å². The quantitative estimate of drug-likeness (QED) is 0.595. The van der Waals surface area contributed by atoms with E-state index < -0.39 is 17.8 Å². The number of hydrogen-bond acceptors (Lipinski definition) is 4. The van der Waals surface area contributed by atoms with Gasteiger partial charge in [-0.3, -0.25) is 14.4 Å². The summed E-state index contributed by atoms with van der Waals surface area (Å²) in [7, 11) is 0. The second-order valence-corrected chi connectivity index (χ2v) is 9.67. The van der Waals surface area contributed by atoms with Gasteiger partial charge in [-0.2, -0.15) is 0 Å². The van der Waals surface area contributed by atoms with Gasteiger partial charge in [-0.15, -0.1) is 11.3 Å². The van der Waals surface area contributed by atoms with Crippen LogP contribution in [0.15, 0.2) is 41.8 Å². The van der Waals surface area contributed by atoms with Crippen LogP contribution in [0.5, 0.6) is 0 Å². The van der Waals surface area contributed by atoms with Crippen LogP contribution in [-0.4, -0.2) is 28.9 Å². The number of carbonyl (C=O) groups excluding carboxylic acids is 2. The van der Waals surface area contributed by atoms with Crippen molar-refractivity contribution in [2.75, 3.05) is 5.32 Å². The third-order valence-electron chi connectivity index (χ3n) is 6.58. The average Bonchev–Trinajstić information content (AvgIpc) is 3.15. The fourth-order valence-corrected chi connectivity index (χ4v) is 5.79. The third kappa shape index (κ3) is 3.67. The van der Waals surface area contributed by atoms with E-state index in [1.54, 1.807) is 0 Å². The first-order chi connectivity index (χ1) is 14.9. The minimum atomic E-state index is -0.935. The summed E-state index contributed by atoms with van der Waals surface area (Å²) >= 11 is 1.31. The van der Waals surface area contributed by atoms with Crippen molar-refractivity contribution in [2.24, 2.45) is 23.7 Å². The molecule has 3 aliphatic rings. The van der Waals surface area contributed by atoms with E-state index in [-0.39, 0.29) is 29.7 Å². The molecule has 4 unspecified atom stereocenters. The molecule has 3 N–H and O–H groups in total. The maximum absolute atomic E-state index is 13.2. The topological polar surface area (TPSA) is 95.5 Å². The average molecular weight is 437 g/mol. The molecule has 2 amide bonds. The van der Waals surface area contributed by atoms with Crippen LogP contribution >= 0.6 is 11.3 Å². The van der Waals surface area contributed by atoms with Gasteiger partial charge in [-0.1, -0.05) is 42.0 Å². The normalized spacial score (nSPS) is 26.1. The molecule has 2 aromatic rings. The zero-order valence-corrected chi connectivity index (χ0v) is 17.9. The molecule has 0 aliphatic heterocycles. The van der Waals surface area contributed by atoms with Gasteiger partial charge >= 0.3 is 5.97 Å². The predicted molar refractivity (Wildman–Crippen MR) is 119 cm³/mol. The smallest absolute Gasteiger partial charge is 0.307 e. The zero-order chi connectivity index (χ0) is 21.7. The highest BCUT2D eigenvalue weighted by Gasteiger charge is 2.51. The molecule has 2 saturated carbocycles. The molecule has 31 heavy (non-hydrogen) atoms. The Kier molecular flexibility index (Phi) is 4.93. The van der Waals surface area contributed by atoms with E-state index in [1.165, 1.54) is 11.3 Å². The van der Waals surface area contributed by atoms with Crippen LogP contribution in [0.2, 0.25) is 0 Å². The molecular weight excluding hydrogens is 412 g/mol. The molecule has 5 rings (SSSR count). The lowest BCUT2D eigenvalue weighted by Crippen LogP contribution is -2.36. The lowest BCUT2D eigenvalue weighted by atomic mass is 9.82. The summed E-state index contributed by atoms with van der Waals surface area (Å²) in [5, 5.41) is 18.0. The molecule has 1 heterocycles. The summed E-state index contributed by atoms with van der Waals surface area (Å²) < 4.78 is 0. The van der Waals surface area contributed by atoms with E-state index in [9.17, 15) is 19.5 Å². The van der Waals surface area contributed by atoms with Crippen LogP contribution in [-0.2, 0) is 9.59 Å². The summed E-state index contributed by atoms with van der Waals surface area (Å²) in [5.41, 5.74) is 3.27. The number of nitrogens with one attached hydrogen (secondary N) is 2. The van der Waals surface area contributed by atoms with Gasteiger partial charge in [0.05, 0.1) is 17.4 Å². The molecule has 2 bridgehead atoms. The van der Waals surface area contributed by atoms with Gasteiger partial charge in [0.15, 0.2) is 0 Å². The van der Waals surface area contributed by atoms with Crippen molar-refractivity contribution < 1.29 is 19.5 Å². The molecule has 0 spiro atoms. The van der Waals surface area contributed by atoms with Gasteiger partial charge in [-0.05, 0) is 43.6 Å². The first-order valence-electron chi connectivity index (χ1n) is 10.6. The van der Waals surface area contributed by atoms with Crippen molar-refractivity contribution in [1.29, 1.82) is 0 Å². The number of allylic oxidation sites excluding steroid dienone is 2. The molecule has 2 fully saturated rings. The fraction of sp³-hybridized carbons (Fsp3) is 0.375. The predicted octanol–water partition coefficient (Wildman–Crippen LogP) is 4.08. The van der Waals surface area contributed by atoms with Crippen molar-refractivity contribution in [3.05, 3.63) is 52.9 Å². The fourth-order valence-electron chi connectivity index (χ4n) is 4.82. The van der Waals surface area contributed by atoms with E-state index in [4.69, 9.17) is 0 Å². The second-order valence-electron chi connectivity index (χ2n) is 8.79. The number of anilines is 1. The van der Waals surface area contributed by atoms with Crippen LogP contribution < -0.4 is 10.6 Å². The van der Waals surface area contributed by atoms with Crippen molar-refractivity contribution in [3.8, 4) is 11.1 Å². The first kappa shape index (κ1) is 20.0. The lowest BCUT2D eigenvalue weighted by Gasteiger charge is -2.23. The number of carbonyl (C=O) groups is 3. The Labute approximate surface area is 184 Å². The summed E-state index contributed by atoms with van der Waals surface area (Å²) in [6, 6.07) is 8.12. The highest BCUT2D eigenvalue weighted by atomic mass is 32.1. The number of hydrogen-bond donors (Lipinski definition) is 3. The molecule has 3 aliphatic carbocycles. The molecule has 4 atom stereocenters. The van der Waals surface area contributed by atoms with Crippen molar-refractivity contribution >= 4 is 34.1 Å². The Morgan fingerprint density at radius 1 is 1.03 bits per heavy atom. The lowest BCUT2D eigenvalue weighted by molar-refractivity contribution is -0.146. The molecule has 0 saturated heterocycles. The van der Waals surface area contributed by atoms with Gasteiger partial charge in [0.2, 0.25) is 5.91 Å². The number of fused-ring (bicyclic) bond motifs is 2. The Balaban J connectivity index is 1.46. The number of rotatable bonds is 6. The number of amides is 2. The van der Waals surface area contributed by atoms with Gasteiger partial charge in [0.25, 0.3) is 5.91 Å². The Morgan fingerprint density at radius 2 is 1.71 bits per heavy atom. The highest BCUT2D eigenvalue weighted by Crippen LogP contribution is 2.49. The van der Waals surface area contributed by atoms with Crippen molar-refractivity contribution in [3.63, 3.8) is 0 Å². The van der Waals surface area contributed by atoms with Crippen LogP contribution in [0.3, 0.4) is 0 Å². The monoisotopic (exact) mass is 436 g/mol. The highest BCUT2D eigenvalue weighted by molar-refractivity contribution is 7.15. The summed E-state index contributed by atoms with van der Waals surface area (Å²) in [4.78, 5) is 38.1. The van der Waals surface area contributed by atoms with Crippen LogP contribution in [0.4, 0.5) is 5.00 Å². The second kappa shape index (κ2) is 7.64. The van der Waals surface area contributed by atoms with E-state index in [1.807, 2.05) is 48.7 Å². The minimum absolute atomic E-state index is 0.0635. The van der Waals surface area contributed by atoms with Crippen molar-refractivity contribution in [1.82, 2.24) is 5.32 Å².